The van der Waals surface area contributed by atoms with Crippen molar-refractivity contribution in [2.75, 3.05) is 0 Å². The third kappa shape index (κ3) is 1.66. The summed E-state index contributed by atoms with van der Waals surface area (Å²) in [5, 5.41) is 90.4. The molecule has 75 heavy (non-hydrogen) atoms. The monoisotopic (exact) mass is 940 g/mol. The molecule has 0 saturated carbocycles. The molecular weight excluding hydrogens is 921 g/mol. The Bertz CT molecular complexity index is 7790. The number of hydrogen-bond donors (Lipinski definition) is 0. The van der Waals surface area contributed by atoms with E-state index in [1.165, 1.54) is 5.56 Å². The van der Waals surface area contributed by atoms with Gasteiger partial charge in [0.15, 0.2) is 0 Å². The fourth-order valence-corrected chi connectivity index (χ4v) is 28.2. The van der Waals surface area contributed by atoms with E-state index < -0.39 is 0 Å². The molecule has 0 radical (unpaired) electrons. The van der Waals surface area contributed by atoms with Crippen LogP contribution in [-0.4, -0.2) is 0 Å². The quantitative estimate of drug-likeness (QED) is 0.137. The summed E-state index contributed by atoms with van der Waals surface area (Å²) in [4.78, 5) is 1.62. The molecule has 1 heterocycles. The molecule has 2 spiro atoms. The van der Waals surface area contributed by atoms with Gasteiger partial charge in [-0.2, -0.15) is 0 Å². The molecule has 0 aromatic heterocycles. The van der Waals surface area contributed by atoms with Crippen molar-refractivity contribution in [1.82, 2.24) is 0 Å². The van der Waals surface area contributed by atoms with Crippen molar-refractivity contribution in [2.24, 2.45) is 0 Å². The number of fused-ring (bicyclic) bond motifs is 1. The van der Waals surface area contributed by atoms with Gasteiger partial charge >= 0.3 is 0 Å². The zero-order valence-electron chi connectivity index (χ0n) is 40.6. The lowest BCUT2D eigenvalue weighted by molar-refractivity contribution is 0.526. The van der Waals surface area contributed by atoms with Crippen LogP contribution < -0.4 is 0 Å². The van der Waals surface area contributed by atoms with Gasteiger partial charge in [0.1, 0.15) is 0 Å². The van der Waals surface area contributed by atoms with E-state index in [-0.39, 0.29) is 21.0 Å². The SMILES string of the molecule is CC(C)(C)c1cc(C(C)(C)C)c2c(c1)C13c4c5c6c7c8c9c(c%10c%11c1c1c%12c4c4c%13c5c5c7c7c8c8c%14c9c%10c9c%10c%11c1c1c%11c%12c4c4c%12c%13c5c5c7c7c8c8c%14c9c9c%10c1c1c%11c4c4c%12c5c7c5c8c9c1c45)C63S2. The van der Waals surface area contributed by atoms with E-state index in [1.807, 2.05) is 0 Å². The van der Waals surface area contributed by atoms with Gasteiger partial charge in [0.25, 0.3) is 0 Å². The summed E-state index contributed by atoms with van der Waals surface area (Å²) in [7, 11) is 0. The Labute approximate surface area is 418 Å². The molecule has 0 bridgehead atoms. The van der Waals surface area contributed by atoms with Crippen molar-refractivity contribution in [3.63, 3.8) is 0 Å². The lowest BCUT2D eigenvalue weighted by Crippen LogP contribution is -2.46. The molecule has 5 aliphatic rings. The van der Waals surface area contributed by atoms with Gasteiger partial charge in [0, 0.05) is 4.90 Å². The molecule has 1 heteroatoms. The number of hydrogen-bond acceptors (Lipinski definition) is 1. The van der Waals surface area contributed by atoms with Crippen LogP contribution >= 0.6 is 11.8 Å². The maximum absolute atomic E-state index is 2.87. The third-order valence-electron chi connectivity index (χ3n) is 26.7. The van der Waals surface area contributed by atoms with E-state index in [9.17, 15) is 0 Å². The Morgan fingerprint density at radius 3 is 0.747 bits per heavy atom. The van der Waals surface area contributed by atoms with Crippen LogP contribution in [0.3, 0.4) is 0 Å². The van der Waals surface area contributed by atoms with Crippen molar-refractivity contribution in [1.29, 1.82) is 0 Å². The van der Waals surface area contributed by atoms with Gasteiger partial charge in [-0.3, -0.25) is 0 Å². The van der Waals surface area contributed by atoms with Crippen LogP contribution in [0.4, 0.5) is 0 Å². The standard InChI is InChI=1S/C74H20S/c1-71(2,3)9-7-10(72(4,5)6)70-11(8-9)73-66-59-52-40-32-23-14-12-13-15-18(14)27-34(32)42-43-35(27)33-24(15)26-22-17(13)20-19-16(12)21-25(23)38(40)46-44-30(21)28(19)36-37-29(20)31(22)45-47-39(26)41(33)53-55(43)64(63(66)54(42)52)68-61(53)58(47)62-51(45)49(37)56-48(36)50(44)60(57(46)59)67(73)65(56)69(62)74(68,73)75-70/h7-8H,1-6H3. The second kappa shape index (κ2) is 6.64. The molecule has 322 valence electrons. The molecule has 34 rings (SSSR count). The Balaban J connectivity index is 1.14. The highest BCUT2D eigenvalue weighted by molar-refractivity contribution is 8.01. The summed E-state index contributed by atoms with van der Waals surface area (Å²) >= 11 is 2.41. The zero-order chi connectivity index (χ0) is 45.9. The molecule has 2 atom stereocenters. The first-order valence-electron chi connectivity index (χ1n) is 28.3. The highest BCUT2D eigenvalue weighted by Crippen LogP contribution is 2.89. The highest BCUT2D eigenvalue weighted by Gasteiger charge is 2.74. The molecule has 0 N–H and O–H groups in total. The van der Waals surface area contributed by atoms with Gasteiger partial charge in [0.2, 0.25) is 0 Å². The second-order valence-electron chi connectivity index (χ2n) is 29.7. The van der Waals surface area contributed by atoms with Crippen molar-refractivity contribution in [3.8, 4) is 0 Å². The molecule has 29 aromatic carbocycles. The maximum atomic E-state index is 2.87. The van der Waals surface area contributed by atoms with Crippen molar-refractivity contribution < 1.29 is 0 Å². The van der Waals surface area contributed by atoms with Gasteiger partial charge in [0.05, 0.1) is 10.2 Å². The van der Waals surface area contributed by atoms with Crippen LogP contribution in [0.25, 0.3) is 291 Å². The fourth-order valence-electron chi connectivity index (χ4n) is 26.0. The largest absolute Gasteiger partial charge is 0.107 e. The lowest BCUT2D eigenvalue weighted by Gasteiger charge is -2.48. The van der Waals surface area contributed by atoms with E-state index in [0.717, 1.165) is 0 Å². The van der Waals surface area contributed by atoms with Gasteiger partial charge < -0.3 is 0 Å². The van der Waals surface area contributed by atoms with E-state index in [1.54, 1.807) is 329 Å². The van der Waals surface area contributed by atoms with Crippen LogP contribution in [0, 0.1) is 0 Å². The highest BCUT2D eigenvalue weighted by atomic mass is 32.2. The van der Waals surface area contributed by atoms with Crippen LogP contribution in [0.5, 0.6) is 0 Å². The predicted molar refractivity (Wildman–Crippen MR) is 323 cm³/mol. The lowest BCUT2D eigenvalue weighted by atomic mass is 9.55. The number of rotatable bonds is 0. The second-order valence-corrected chi connectivity index (χ2v) is 30.9. The Kier molecular flexibility index (Phi) is 2.64. The van der Waals surface area contributed by atoms with E-state index in [4.69, 9.17) is 0 Å². The Hall–Kier alpha value is -7.97. The normalized spacial score (nSPS) is 22.1. The summed E-state index contributed by atoms with van der Waals surface area (Å²) in [5.41, 5.74) is 11.3. The number of thioether (sulfide) groups is 1. The summed E-state index contributed by atoms with van der Waals surface area (Å²) in [5.74, 6) is 0. The van der Waals surface area contributed by atoms with E-state index >= 15 is 0 Å². The van der Waals surface area contributed by atoms with E-state index in [2.05, 4.69) is 65.4 Å². The minimum absolute atomic E-state index is 0.0173. The van der Waals surface area contributed by atoms with Crippen molar-refractivity contribution in [2.45, 2.75) is 67.4 Å². The molecule has 0 saturated heterocycles. The summed E-state index contributed by atoms with van der Waals surface area (Å²) in [6, 6.07) is 5.59. The Morgan fingerprint density at radius 1 is 0.240 bits per heavy atom. The van der Waals surface area contributed by atoms with Crippen LogP contribution in [0.1, 0.15) is 80.5 Å². The molecule has 2 unspecified atom stereocenters. The van der Waals surface area contributed by atoms with E-state index in [0.29, 0.717) is 0 Å². The molecule has 0 nitrogen and oxygen atoms in total. The van der Waals surface area contributed by atoms with Gasteiger partial charge in [-0.15, -0.1) is 11.8 Å². The topological polar surface area (TPSA) is 0 Å². The fraction of sp³-hybridized carbons (Fsp3) is 0.135. The molecule has 0 amide bonds. The van der Waals surface area contributed by atoms with Crippen molar-refractivity contribution in [3.05, 3.63) is 51.1 Å². The maximum Gasteiger partial charge on any atom is 0.0908 e. The van der Waals surface area contributed by atoms with Gasteiger partial charge in [-0.1, -0.05) is 53.7 Å². The Morgan fingerprint density at radius 2 is 0.453 bits per heavy atom. The summed E-state index contributed by atoms with van der Waals surface area (Å²) in [6.45, 7) is 15.1. The molecule has 29 aromatic rings. The summed E-state index contributed by atoms with van der Waals surface area (Å²) in [6.07, 6.45) is 0. The first-order valence-corrected chi connectivity index (χ1v) is 29.1. The molecule has 1 aliphatic heterocycles. The van der Waals surface area contributed by atoms with Crippen LogP contribution in [0.2, 0.25) is 0 Å². The van der Waals surface area contributed by atoms with Gasteiger partial charge in [-0.25, -0.2) is 0 Å². The first kappa shape index (κ1) is 29.8. The van der Waals surface area contributed by atoms with Crippen molar-refractivity contribution >= 4 is 303 Å². The summed E-state index contributed by atoms with van der Waals surface area (Å²) < 4.78 is -0.350. The molecular formula is C74H20S. The zero-order valence-corrected chi connectivity index (χ0v) is 41.4. The third-order valence-corrected chi connectivity index (χ3v) is 28.3. The van der Waals surface area contributed by atoms with Crippen LogP contribution in [-0.2, 0) is 21.0 Å². The minimum Gasteiger partial charge on any atom is -0.107 e. The average Bonchev–Trinajstić information content (AvgIpc) is 3.10. The predicted octanol–water partition coefficient (Wildman–Crippen LogP) is 21.0. The molecule has 0 fully saturated rings. The smallest absolute Gasteiger partial charge is 0.0908 e. The minimum atomic E-state index is -0.389. The molecule has 4 aliphatic carbocycles. The van der Waals surface area contributed by atoms with Crippen LogP contribution in [0.15, 0.2) is 17.0 Å². The first-order chi connectivity index (χ1) is 36.7. The number of benzene rings is 18. The van der Waals surface area contributed by atoms with Gasteiger partial charge in [-0.05, 0) is 341 Å². The average molecular weight is 941 g/mol.